The molecule has 2 aromatic rings. The van der Waals surface area contributed by atoms with Crippen LogP contribution in [0.3, 0.4) is 0 Å². The van der Waals surface area contributed by atoms with Gasteiger partial charge in [-0.2, -0.15) is 8.78 Å². The molecule has 2 heterocycles. The van der Waals surface area contributed by atoms with Crippen LogP contribution < -0.4 is 14.8 Å². The molecule has 1 aromatic heterocycles. The summed E-state index contributed by atoms with van der Waals surface area (Å²) in [6, 6.07) is 9.96. The van der Waals surface area contributed by atoms with E-state index in [-0.39, 0.29) is 35.7 Å². The summed E-state index contributed by atoms with van der Waals surface area (Å²) in [5.74, 6) is 0.477. The number of carbonyl (C=O) groups is 2. The summed E-state index contributed by atoms with van der Waals surface area (Å²) >= 11 is 0. The van der Waals surface area contributed by atoms with Crippen LogP contribution >= 0.6 is 0 Å². The van der Waals surface area contributed by atoms with Crippen molar-refractivity contribution in [3.05, 3.63) is 53.9 Å². The average Bonchev–Trinajstić information content (AvgIpc) is 3.55. The zero-order valence-electron chi connectivity index (χ0n) is 19.1. The molecule has 1 amide bonds. The summed E-state index contributed by atoms with van der Waals surface area (Å²) in [5, 5.41) is 2.92. The Hall–Kier alpha value is -3.07. The second-order valence-corrected chi connectivity index (χ2v) is 8.96. The van der Waals surface area contributed by atoms with Gasteiger partial charge < -0.3 is 14.8 Å². The molecule has 0 radical (unpaired) electrons. The molecule has 1 aromatic carbocycles. The van der Waals surface area contributed by atoms with Crippen molar-refractivity contribution in [1.29, 1.82) is 0 Å². The number of nitrogens with one attached hydrogen (secondary N) is 1. The number of alkyl halides is 2. The molecule has 1 saturated heterocycles. The van der Waals surface area contributed by atoms with Crippen LogP contribution in [-0.4, -0.2) is 53.9 Å². The van der Waals surface area contributed by atoms with Crippen molar-refractivity contribution < 1.29 is 27.8 Å². The van der Waals surface area contributed by atoms with Gasteiger partial charge in [0.05, 0.1) is 31.4 Å². The van der Waals surface area contributed by atoms with Gasteiger partial charge in [0.1, 0.15) is 5.78 Å². The molecule has 2 fully saturated rings. The fraction of sp³-hybridized carbons (Fsp3) is 0.480. The molecule has 2 atom stereocenters. The molecule has 0 bridgehead atoms. The van der Waals surface area contributed by atoms with Crippen LogP contribution in [0.4, 0.5) is 8.78 Å². The number of rotatable bonds is 11. The minimum atomic E-state index is -2.95. The van der Waals surface area contributed by atoms with Crippen LogP contribution in [0.25, 0.3) is 0 Å². The van der Waals surface area contributed by atoms with Crippen LogP contribution in [0.5, 0.6) is 11.5 Å². The zero-order chi connectivity index (χ0) is 24.1. The monoisotopic (exact) mass is 473 g/mol. The number of amides is 1. The lowest BCUT2D eigenvalue weighted by molar-refractivity contribution is -0.126. The fourth-order valence-corrected chi connectivity index (χ4v) is 4.25. The average molecular weight is 474 g/mol. The molecule has 1 unspecified atom stereocenters. The topological polar surface area (TPSA) is 80.8 Å². The maximum absolute atomic E-state index is 13.0. The van der Waals surface area contributed by atoms with Crippen LogP contribution in [0.15, 0.2) is 42.6 Å². The van der Waals surface area contributed by atoms with Gasteiger partial charge in [-0.15, -0.1) is 0 Å². The molecule has 1 N–H and O–H groups in total. The van der Waals surface area contributed by atoms with Gasteiger partial charge in [0, 0.05) is 12.7 Å². The predicted octanol–water partition coefficient (Wildman–Crippen LogP) is 3.54. The molecule has 4 rings (SSSR count). The first-order chi connectivity index (χ1) is 16.4. The third-order valence-corrected chi connectivity index (χ3v) is 6.13. The van der Waals surface area contributed by atoms with Gasteiger partial charge in [-0.25, -0.2) is 0 Å². The maximum atomic E-state index is 13.0. The van der Waals surface area contributed by atoms with Crippen molar-refractivity contribution >= 4 is 11.7 Å². The first kappa shape index (κ1) is 24.1. The van der Waals surface area contributed by atoms with Gasteiger partial charge in [-0.3, -0.25) is 19.5 Å². The summed E-state index contributed by atoms with van der Waals surface area (Å²) in [5.41, 5.74) is 1.61. The third-order valence-electron chi connectivity index (χ3n) is 6.13. The van der Waals surface area contributed by atoms with Crippen LogP contribution in [0, 0.1) is 5.92 Å². The van der Waals surface area contributed by atoms with Crippen LogP contribution in [-0.2, 0) is 16.1 Å². The SMILES string of the molecule is CC(=O)CN1CC(c2ccc(OC(F)F)c(OCC3CC3)c2)C[C@H]1C(=O)NCc1ccccn1. The Morgan fingerprint density at radius 1 is 1.21 bits per heavy atom. The lowest BCUT2D eigenvalue weighted by Crippen LogP contribution is -2.44. The summed E-state index contributed by atoms with van der Waals surface area (Å²) < 4.78 is 36.2. The number of pyridine rings is 1. The molecule has 7 nitrogen and oxygen atoms in total. The summed E-state index contributed by atoms with van der Waals surface area (Å²) in [6.07, 6.45) is 4.31. The highest BCUT2D eigenvalue weighted by Gasteiger charge is 2.38. The number of benzene rings is 1. The zero-order valence-corrected chi connectivity index (χ0v) is 19.1. The summed E-state index contributed by atoms with van der Waals surface area (Å²) in [6.45, 7) is -0.0279. The normalized spacial score (nSPS) is 20.4. The van der Waals surface area contributed by atoms with Crippen LogP contribution in [0.1, 0.15) is 43.4 Å². The number of hydrogen-bond donors (Lipinski definition) is 1. The first-order valence-corrected chi connectivity index (χ1v) is 11.5. The fourth-order valence-electron chi connectivity index (χ4n) is 4.25. The Bertz CT molecular complexity index is 1000. The number of Topliss-reactive ketones (excluding diaryl/α,β-unsaturated/α-hetero) is 1. The van der Waals surface area contributed by atoms with Gasteiger partial charge in [0.2, 0.25) is 5.91 Å². The molecule has 34 heavy (non-hydrogen) atoms. The molecule has 9 heteroatoms. The van der Waals surface area contributed by atoms with Crippen molar-refractivity contribution in [2.24, 2.45) is 5.92 Å². The highest BCUT2D eigenvalue weighted by Crippen LogP contribution is 2.38. The van der Waals surface area contributed by atoms with Gasteiger partial charge >= 0.3 is 6.61 Å². The van der Waals surface area contributed by atoms with E-state index in [0.29, 0.717) is 32.0 Å². The Balaban J connectivity index is 1.48. The highest BCUT2D eigenvalue weighted by atomic mass is 19.3. The lowest BCUT2D eigenvalue weighted by Gasteiger charge is -2.22. The van der Waals surface area contributed by atoms with Crippen molar-refractivity contribution in [3.63, 3.8) is 0 Å². The summed E-state index contributed by atoms with van der Waals surface area (Å²) in [7, 11) is 0. The van der Waals surface area contributed by atoms with Gasteiger partial charge in [0.25, 0.3) is 0 Å². The molecular formula is C25H29F2N3O4. The molecule has 1 aliphatic heterocycles. The van der Waals surface area contributed by atoms with E-state index in [1.165, 1.54) is 13.0 Å². The van der Waals surface area contributed by atoms with E-state index in [2.05, 4.69) is 15.0 Å². The van der Waals surface area contributed by atoms with E-state index in [4.69, 9.17) is 4.74 Å². The smallest absolute Gasteiger partial charge is 0.387 e. The second-order valence-electron chi connectivity index (χ2n) is 8.96. The molecule has 0 spiro atoms. The number of likely N-dealkylation sites (tertiary alicyclic amines) is 1. The maximum Gasteiger partial charge on any atom is 0.387 e. The Morgan fingerprint density at radius 2 is 2.03 bits per heavy atom. The third kappa shape index (κ3) is 6.50. The molecule has 2 aliphatic rings. The predicted molar refractivity (Wildman–Crippen MR) is 121 cm³/mol. The minimum Gasteiger partial charge on any atom is -0.489 e. The Morgan fingerprint density at radius 3 is 2.71 bits per heavy atom. The van der Waals surface area contributed by atoms with Crippen LogP contribution in [0.2, 0.25) is 0 Å². The number of carbonyl (C=O) groups excluding carboxylic acids is 2. The first-order valence-electron chi connectivity index (χ1n) is 11.5. The van der Waals surface area contributed by atoms with Crippen molar-refractivity contribution in [2.45, 2.75) is 51.3 Å². The van der Waals surface area contributed by atoms with E-state index in [9.17, 15) is 18.4 Å². The molecule has 1 saturated carbocycles. The van der Waals surface area contributed by atoms with Gasteiger partial charge in [-0.05, 0) is 67.9 Å². The number of halogens is 2. The van der Waals surface area contributed by atoms with Gasteiger partial charge in [-0.1, -0.05) is 12.1 Å². The highest BCUT2D eigenvalue weighted by molar-refractivity contribution is 5.84. The van der Waals surface area contributed by atoms with E-state index in [0.717, 1.165) is 24.1 Å². The second kappa shape index (κ2) is 10.9. The van der Waals surface area contributed by atoms with Gasteiger partial charge in [0.15, 0.2) is 11.5 Å². The minimum absolute atomic E-state index is 0.00245. The summed E-state index contributed by atoms with van der Waals surface area (Å²) in [4.78, 5) is 30.9. The molecule has 1 aliphatic carbocycles. The Kier molecular flexibility index (Phi) is 7.72. The Labute approximate surface area is 197 Å². The number of hydrogen-bond acceptors (Lipinski definition) is 6. The van der Waals surface area contributed by atoms with Crippen molar-refractivity contribution in [3.8, 4) is 11.5 Å². The molecular weight excluding hydrogens is 444 g/mol. The largest absolute Gasteiger partial charge is 0.489 e. The number of aromatic nitrogens is 1. The van der Waals surface area contributed by atoms with E-state index >= 15 is 0 Å². The molecule has 182 valence electrons. The van der Waals surface area contributed by atoms with E-state index in [1.807, 2.05) is 23.1 Å². The van der Waals surface area contributed by atoms with E-state index < -0.39 is 12.7 Å². The van der Waals surface area contributed by atoms with E-state index in [1.54, 1.807) is 18.3 Å². The van der Waals surface area contributed by atoms with Crippen molar-refractivity contribution in [1.82, 2.24) is 15.2 Å². The quantitative estimate of drug-likeness (QED) is 0.538. The standard InChI is InChI=1S/C25H29F2N3O4/c1-16(31)13-30-14-19(10-21(30)24(32)29-12-20-4-2-3-9-28-20)18-7-8-22(34-25(26)27)23(11-18)33-15-17-5-6-17/h2-4,7-9,11,17,19,21,25H,5-6,10,12-15H2,1H3,(H,29,32)/t19?,21-/m0/s1. The number of ether oxygens (including phenoxy) is 2. The lowest BCUT2D eigenvalue weighted by atomic mass is 9.95. The number of nitrogens with zero attached hydrogens (tertiary/aromatic N) is 2. The number of ketones is 1. The van der Waals surface area contributed by atoms with Crippen molar-refractivity contribution in [2.75, 3.05) is 19.7 Å².